The molecule has 1 aromatic rings. The average molecular weight is 264 g/mol. The van der Waals surface area contributed by atoms with Crippen LogP contribution in [0, 0.1) is 12.7 Å². The second-order valence-electron chi connectivity index (χ2n) is 5.83. The normalized spacial score (nSPS) is 23.8. The van der Waals surface area contributed by atoms with Crippen LogP contribution in [-0.4, -0.2) is 30.6 Å². The van der Waals surface area contributed by atoms with Crippen LogP contribution in [0.2, 0.25) is 0 Å². The van der Waals surface area contributed by atoms with Gasteiger partial charge in [-0.15, -0.1) is 0 Å². The molecule has 2 atom stereocenters. The standard InChI is InChI=1S/C16H25FN2/c1-12-11-13(7-8-14(12)17)9-10-19(2)16-6-4-3-5-15(16)18/h7-8,11,15-16H,3-6,9-10,18H2,1-2H3. The highest BCUT2D eigenvalue weighted by Crippen LogP contribution is 2.21. The number of benzene rings is 1. The van der Waals surface area contributed by atoms with Crippen LogP contribution in [0.1, 0.15) is 36.8 Å². The van der Waals surface area contributed by atoms with Crippen molar-refractivity contribution in [2.75, 3.05) is 13.6 Å². The molecule has 0 radical (unpaired) electrons. The molecule has 1 aromatic carbocycles. The van der Waals surface area contributed by atoms with Gasteiger partial charge in [0.1, 0.15) is 5.82 Å². The molecule has 1 saturated carbocycles. The Labute approximate surface area is 115 Å². The van der Waals surface area contributed by atoms with E-state index in [0.29, 0.717) is 12.1 Å². The van der Waals surface area contributed by atoms with Crippen molar-refractivity contribution in [1.82, 2.24) is 4.90 Å². The molecular formula is C16H25FN2. The number of rotatable bonds is 4. The molecule has 106 valence electrons. The van der Waals surface area contributed by atoms with Crippen LogP contribution in [0.25, 0.3) is 0 Å². The molecule has 0 aliphatic heterocycles. The molecule has 2 N–H and O–H groups in total. The molecular weight excluding hydrogens is 239 g/mol. The second-order valence-corrected chi connectivity index (χ2v) is 5.83. The zero-order valence-corrected chi connectivity index (χ0v) is 12.0. The van der Waals surface area contributed by atoms with Gasteiger partial charge in [0.15, 0.2) is 0 Å². The van der Waals surface area contributed by atoms with Gasteiger partial charge in [-0.25, -0.2) is 4.39 Å². The van der Waals surface area contributed by atoms with Gasteiger partial charge in [0.25, 0.3) is 0 Å². The van der Waals surface area contributed by atoms with Gasteiger partial charge in [-0.05, 0) is 50.4 Å². The highest BCUT2D eigenvalue weighted by atomic mass is 19.1. The summed E-state index contributed by atoms with van der Waals surface area (Å²) in [6.45, 7) is 2.81. The SMILES string of the molecule is Cc1cc(CCN(C)C2CCCCC2N)ccc1F. The van der Waals surface area contributed by atoms with E-state index in [1.54, 1.807) is 6.07 Å². The average Bonchev–Trinajstić information content (AvgIpc) is 2.40. The first-order chi connectivity index (χ1) is 9.08. The van der Waals surface area contributed by atoms with E-state index in [9.17, 15) is 4.39 Å². The third kappa shape index (κ3) is 3.77. The van der Waals surface area contributed by atoms with E-state index in [2.05, 4.69) is 11.9 Å². The maximum Gasteiger partial charge on any atom is 0.126 e. The zero-order chi connectivity index (χ0) is 13.8. The summed E-state index contributed by atoms with van der Waals surface area (Å²) >= 11 is 0. The number of hydrogen-bond donors (Lipinski definition) is 1. The highest BCUT2D eigenvalue weighted by Gasteiger charge is 2.24. The zero-order valence-electron chi connectivity index (χ0n) is 12.0. The third-order valence-corrected chi connectivity index (χ3v) is 4.32. The van der Waals surface area contributed by atoms with Gasteiger partial charge in [0.2, 0.25) is 0 Å². The van der Waals surface area contributed by atoms with Crippen molar-refractivity contribution in [3.05, 3.63) is 35.1 Å². The Morgan fingerprint density at radius 3 is 2.74 bits per heavy atom. The lowest BCUT2D eigenvalue weighted by Crippen LogP contribution is -2.48. The lowest BCUT2D eigenvalue weighted by Gasteiger charge is -2.36. The van der Waals surface area contributed by atoms with Crippen molar-refractivity contribution in [1.29, 1.82) is 0 Å². The maximum absolute atomic E-state index is 13.2. The summed E-state index contributed by atoms with van der Waals surface area (Å²) in [6, 6.07) is 6.22. The van der Waals surface area contributed by atoms with Crippen molar-refractivity contribution in [2.24, 2.45) is 5.73 Å². The Bertz CT molecular complexity index is 419. The van der Waals surface area contributed by atoms with E-state index in [1.807, 2.05) is 19.1 Å². The van der Waals surface area contributed by atoms with Crippen LogP contribution >= 0.6 is 0 Å². The van der Waals surface area contributed by atoms with Crippen molar-refractivity contribution in [3.8, 4) is 0 Å². The Balaban J connectivity index is 1.88. The minimum Gasteiger partial charge on any atom is -0.326 e. The van der Waals surface area contributed by atoms with Gasteiger partial charge < -0.3 is 10.6 Å². The van der Waals surface area contributed by atoms with Crippen LogP contribution in [0.4, 0.5) is 4.39 Å². The molecule has 0 spiro atoms. The lowest BCUT2D eigenvalue weighted by atomic mass is 9.90. The molecule has 2 rings (SSSR count). The number of halogens is 1. The number of nitrogens with zero attached hydrogens (tertiary/aromatic N) is 1. The van der Waals surface area contributed by atoms with Gasteiger partial charge in [-0.2, -0.15) is 0 Å². The fourth-order valence-electron chi connectivity index (χ4n) is 3.02. The van der Waals surface area contributed by atoms with Gasteiger partial charge in [0, 0.05) is 18.6 Å². The lowest BCUT2D eigenvalue weighted by molar-refractivity contribution is 0.171. The molecule has 0 heterocycles. The summed E-state index contributed by atoms with van der Waals surface area (Å²) < 4.78 is 13.2. The number of likely N-dealkylation sites (N-methyl/N-ethyl adjacent to an activating group) is 1. The summed E-state index contributed by atoms with van der Waals surface area (Å²) in [4.78, 5) is 2.38. The summed E-state index contributed by atoms with van der Waals surface area (Å²) in [5.74, 6) is -0.119. The minimum absolute atomic E-state index is 0.119. The number of hydrogen-bond acceptors (Lipinski definition) is 2. The second kappa shape index (κ2) is 6.49. The summed E-state index contributed by atoms with van der Waals surface area (Å²) in [5, 5.41) is 0. The molecule has 0 bridgehead atoms. The minimum atomic E-state index is -0.119. The Kier molecular flexibility index (Phi) is 4.94. The van der Waals surface area contributed by atoms with Gasteiger partial charge in [0.05, 0.1) is 0 Å². The molecule has 2 unspecified atom stereocenters. The highest BCUT2D eigenvalue weighted by molar-refractivity contribution is 5.24. The van der Waals surface area contributed by atoms with Crippen molar-refractivity contribution < 1.29 is 4.39 Å². The topological polar surface area (TPSA) is 29.3 Å². The van der Waals surface area contributed by atoms with Crippen LogP contribution < -0.4 is 5.73 Å². The number of nitrogens with two attached hydrogens (primary N) is 1. The van der Waals surface area contributed by atoms with E-state index in [4.69, 9.17) is 5.73 Å². The summed E-state index contributed by atoms with van der Waals surface area (Å²) in [5.41, 5.74) is 8.14. The molecule has 3 heteroatoms. The Morgan fingerprint density at radius 2 is 2.05 bits per heavy atom. The largest absolute Gasteiger partial charge is 0.326 e. The first kappa shape index (κ1) is 14.5. The van der Waals surface area contributed by atoms with Crippen LogP contribution in [0.15, 0.2) is 18.2 Å². The monoisotopic (exact) mass is 264 g/mol. The summed E-state index contributed by atoms with van der Waals surface area (Å²) in [7, 11) is 2.16. The molecule has 2 nitrogen and oxygen atoms in total. The maximum atomic E-state index is 13.2. The Hall–Kier alpha value is -0.930. The van der Waals surface area contributed by atoms with Gasteiger partial charge in [-0.3, -0.25) is 0 Å². The molecule has 1 aliphatic carbocycles. The molecule has 0 aromatic heterocycles. The van der Waals surface area contributed by atoms with Gasteiger partial charge >= 0.3 is 0 Å². The van der Waals surface area contributed by atoms with E-state index in [1.165, 1.54) is 24.8 Å². The molecule has 0 amide bonds. The van der Waals surface area contributed by atoms with E-state index in [-0.39, 0.29) is 5.82 Å². The van der Waals surface area contributed by atoms with Crippen molar-refractivity contribution in [3.63, 3.8) is 0 Å². The Morgan fingerprint density at radius 1 is 1.32 bits per heavy atom. The fraction of sp³-hybridized carbons (Fsp3) is 0.625. The van der Waals surface area contributed by atoms with E-state index < -0.39 is 0 Å². The molecule has 0 saturated heterocycles. The molecule has 19 heavy (non-hydrogen) atoms. The van der Waals surface area contributed by atoms with Crippen LogP contribution in [-0.2, 0) is 6.42 Å². The predicted molar refractivity (Wildman–Crippen MR) is 77.7 cm³/mol. The quantitative estimate of drug-likeness (QED) is 0.906. The van der Waals surface area contributed by atoms with Crippen molar-refractivity contribution in [2.45, 2.75) is 51.1 Å². The van der Waals surface area contributed by atoms with E-state index in [0.717, 1.165) is 24.9 Å². The first-order valence-electron chi connectivity index (χ1n) is 7.29. The summed E-state index contributed by atoms with van der Waals surface area (Å²) in [6.07, 6.45) is 5.87. The smallest absolute Gasteiger partial charge is 0.126 e. The van der Waals surface area contributed by atoms with Crippen LogP contribution in [0.3, 0.4) is 0 Å². The fourth-order valence-corrected chi connectivity index (χ4v) is 3.02. The number of aryl methyl sites for hydroxylation is 1. The van der Waals surface area contributed by atoms with Crippen LogP contribution in [0.5, 0.6) is 0 Å². The molecule has 1 fully saturated rings. The van der Waals surface area contributed by atoms with Crippen molar-refractivity contribution >= 4 is 0 Å². The van der Waals surface area contributed by atoms with Gasteiger partial charge in [-0.1, -0.05) is 25.0 Å². The molecule has 1 aliphatic rings. The predicted octanol–water partition coefficient (Wildman–Crippen LogP) is 2.88. The third-order valence-electron chi connectivity index (χ3n) is 4.32. The first-order valence-corrected chi connectivity index (χ1v) is 7.29. The van der Waals surface area contributed by atoms with E-state index >= 15 is 0 Å².